The molecule has 2 heterocycles. The van der Waals surface area contributed by atoms with Crippen LogP contribution >= 0.6 is 46.4 Å². The lowest BCUT2D eigenvalue weighted by Gasteiger charge is -2.51. The van der Waals surface area contributed by atoms with Crippen molar-refractivity contribution in [1.82, 2.24) is 4.90 Å². The Kier molecular flexibility index (Phi) is 4.00. The Hall–Kier alpha value is -0.200. The molecule has 118 valence electrons. The van der Waals surface area contributed by atoms with Crippen LogP contribution in [0.1, 0.15) is 6.92 Å². The molecule has 0 aromatic carbocycles. The number of carbonyl (C=O) groups excluding carboxylic acids is 2. The molecule has 2 atom stereocenters. The van der Waals surface area contributed by atoms with Crippen LogP contribution in [0, 0.1) is 0 Å². The van der Waals surface area contributed by atoms with E-state index in [4.69, 9.17) is 51.1 Å². The second kappa shape index (κ2) is 4.90. The third-order valence-electron chi connectivity index (χ3n) is 3.75. The molecule has 0 aromatic heterocycles. The normalized spacial score (nSPS) is 35.7. The highest BCUT2D eigenvalue weighted by Gasteiger charge is 2.74. The summed E-state index contributed by atoms with van der Waals surface area (Å²) in [5.41, 5.74) is -2.75. The highest BCUT2D eigenvalue weighted by atomic mass is 35.5. The summed E-state index contributed by atoms with van der Waals surface area (Å²) in [6.07, 6.45) is 2.42. The summed E-state index contributed by atoms with van der Waals surface area (Å²) >= 11 is 24.6. The smallest absolute Gasteiger partial charge is 0.409 e. The van der Waals surface area contributed by atoms with Gasteiger partial charge < -0.3 is 14.4 Å². The maximum absolute atomic E-state index is 12.5. The van der Waals surface area contributed by atoms with E-state index < -0.39 is 31.7 Å². The molecule has 0 radical (unpaired) electrons. The van der Waals surface area contributed by atoms with Gasteiger partial charge in [-0.3, -0.25) is 4.79 Å². The Bertz CT molecular complexity index is 535. The zero-order chi connectivity index (χ0) is 16.3. The number of ketones is 1. The fourth-order valence-electron chi connectivity index (χ4n) is 2.45. The number of methoxy groups -OCH3 is 1. The van der Waals surface area contributed by atoms with Gasteiger partial charge in [-0.25, -0.2) is 4.79 Å². The molecule has 0 aliphatic carbocycles. The van der Waals surface area contributed by atoms with Crippen molar-refractivity contribution in [1.29, 1.82) is 0 Å². The number of amides is 1. The summed E-state index contributed by atoms with van der Waals surface area (Å²) in [6, 6.07) is 0. The average Bonchev–Trinajstić information content (AvgIpc) is 2.75. The molecular formula is C12H13Cl4NO4. The number of hydrogen-bond acceptors (Lipinski definition) is 4. The van der Waals surface area contributed by atoms with Gasteiger partial charge in [-0.1, -0.05) is 52.5 Å². The fraction of sp³-hybridized carbons (Fsp3) is 0.667. The molecule has 2 aliphatic heterocycles. The van der Waals surface area contributed by atoms with E-state index in [-0.39, 0.29) is 6.54 Å². The van der Waals surface area contributed by atoms with E-state index in [2.05, 4.69) is 4.74 Å². The summed E-state index contributed by atoms with van der Waals surface area (Å²) in [7, 11) is 2.69. The first-order valence-corrected chi connectivity index (χ1v) is 7.45. The van der Waals surface area contributed by atoms with Gasteiger partial charge >= 0.3 is 6.09 Å². The third kappa shape index (κ3) is 2.17. The monoisotopic (exact) mass is 375 g/mol. The lowest BCUT2D eigenvalue weighted by molar-refractivity contribution is -0.158. The Morgan fingerprint density at radius 2 is 1.86 bits per heavy atom. The second-order valence-electron chi connectivity index (χ2n) is 5.24. The van der Waals surface area contributed by atoms with Crippen LogP contribution in [0.3, 0.4) is 0 Å². The number of fused-ring (bicyclic) bond motifs is 2. The van der Waals surface area contributed by atoms with E-state index in [1.54, 1.807) is 6.92 Å². The van der Waals surface area contributed by atoms with Crippen LogP contribution in [0.4, 0.5) is 4.79 Å². The van der Waals surface area contributed by atoms with Gasteiger partial charge in [-0.05, 0) is 13.0 Å². The van der Waals surface area contributed by atoms with Crippen molar-refractivity contribution in [3.05, 3.63) is 12.2 Å². The van der Waals surface area contributed by atoms with Gasteiger partial charge in [0.05, 0.1) is 13.7 Å². The van der Waals surface area contributed by atoms with Gasteiger partial charge in [0, 0.05) is 7.05 Å². The first kappa shape index (κ1) is 17.2. The summed E-state index contributed by atoms with van der Waals surface area (Å²) in [5.74, 6) is -0.793. The standard InChI is InChI=1S/C12H13Cl4NO4/c1-9-4-5-10(21-9,6-17(2)8(19)20-3)12(15,16)7(18)11(9,13)14/h4-5H,6H2,1-3H3/t9-,10?/m0/s1. The molecule has 0 saturated carbocycles. The zero-order valence-electron chi connectivity index (χ0n) is 11.5. The number of rotatable bonds is 2. The molecule has 9 heteroatoms. The molecule has 1 fully saturated rings. The summed E-state index contributed by atoms with van der Waals surface area (Å²) in [6.45, 7) is 1.44. The minimum Gasteiger partial charge on any atom is -0.453 e. The molecule has 5 nitrogen and oxygen atoms in total. The molecule has 0 N–H and O–H groups in total. The van der Waals surface area contributed by atoms with Gasteiger partial charge in [0.25, 0.3) is 0 Å². The molecule has 1 unspecified atom stereocenters. The number of carbonyl (C=O) groups is 2. The molecule has 2 rings (SSSR count). The molecule has 1 saturated heterocycles. The SMILES string of the molecule is COC(=O)N(C)CC12C=C[C@](C)(O1)C(Cl)(Cl)C(=O)C2(Cl)Cl. The van der Waals surface area contributed by atoms with Crippen molar-refractivity contribution < 1.29 is 19.1 Å². The van der Waals surface area contributed by atoms with Gasteiger partial charge in [-0.15, -0.1) is 0 Å². The predicted octanol–water partition coefficient (Wildman–Crippen LogP) is 2.70. The molecule has 21 heavy (non-hydrogen) atoms. The van der Waals surface area contributed by atoms with Crippen LogP contribution in [0.2, 0.25) is 0 Å². The van der Waals surface area contributed by atoms with Crippen LogP contribution in [0.5, 0.6) is 0 Å². The number of likely N-dealkylation sites (N-methyl/N-ethyl adjacent to an activating group) is 1. The Morgan fingerprint density at radius 3 is 2.38 bits per heavy atom. The Balaban J connectivity index is 2.44. The molecule has 0 spiro atoms. The third-order valence-corrected chi connectivity index (χ3v) is 5.83. The van der Waals surface area contributed by atoms with Crippen molar-refractivity contribution in [2.24, 2.45) is 0 Å². The van der Waals surface area contributed by atoms with Crippen LogP contribution in [0.25, 0.3) is 0 Å². The van der Waals surface area contributed by atoms with Gasteiger partial charge in [-0.2, -0.15) is 0 Å². The van der Waals surface area contributed by atoms with Gasteiger partial charge in [0.15, 0.2) is 0 Å². The zero-order valence-corrected chi connectivity index (χ0v) is 14.5. The summed E-state index contributed by atoms with van der Waals surface area (Å²) in [5, 5.41) is 0. The molecule has 2 aliphatic rings. The van der Waals surface area contributed by atoms with Crippen molar-refractivity contribution in [2.75, 3.05) is 20.7 Å². The van der Waals surface area contributed by atoms with Gasteiger partial charge in [0.2, 0.25) is 14.4 Å². The molecular weight excluding hydrogens is 364 g/mol. The number of hydrogen-bond donors (Lipinski definition) is 0. The van der Waals surface area contributed by atoms with E-state index in [9.17, 15) is 9.59 Å². The first-order valence-electron chi connectivity index (χ1n) is 5.94. The van der Waals surface area contributed by atoms with Crippen LogP contribution in [-0.2, 0) is 14.3 Å². The number of alkyl halides is 4. The number of halogens is 4. The topological polar surface area (TPSA) is 55.8 Å². The van der Waals surface area contributed by atoms with Crippen LogP contribution < -0.4 is 0 Å². The second-order valence-corrected chi connectivity index (χ2v) is 7.89. The number of ether oxygens (including phenoxy) is 2. The molecule has 2 bridgehead atoms. The summed E-state index contributed by atoms with van der Waals surface area (Å²) < 4.78 is 6.45. The average molecular weight is 377 g/mol. The minimum atomic E-state index is -2.05. The van der Waals surface area contributed by atoms with E-state index in [1.807, 2.05) is 0 Å². The van der Waals surface area contributed by atoms with Crippen molar-refractivity contribution in [3.8, 4) is 0 Å². The largest absolute Gasteiger partial charge is 0.453 e. The van der Waals surface area contributed by atoms with Crippen molar-refractivity contribution in [2.45, 2.75) is 26.8 Å². The van der Waals surface area contributed by atoms with E-state index in [0.717, 1.165) is 0 Å². The van der Waals surface area contributed by atoms with Gasteiger partial charge in [0.1, 0.15) is 11.2 Å². The van der Waals surface area contributed by atoms with Crippen LogP contribution in [0.15, 0.2) is 12.2 Å². The highest BCUT2D eigenvalue weighted by Crippen LogP contribution is 2.59. The molecule has 1 amide bonds. The number of nitrogens with zero attached hydrogens (tertiary/aromatic N) is 1. The van der Waals surface area contributed by atoms with E-state index in [0.29, 0.717) is 0 Å². The van der Waals surface area contributed by atoms with Crippen molar-refractivity contribution in [3.63, 3.8) is 0 Å². The molecule has 0 aromatic rings. The maximum atomic E-state index is 12.5. The fourth-order valence-corrected chi connectivity index (χ4v) is 3.74. The van der Waals surface area contributed by atoms with Crippen LogP contribution in [-0.4, -0.2) is 57.3 Å². The highest BCUT2D eigenvalue weighted by molar-refractivity contribution is 6.70. The Morgan fingerprint density at radius 1 is 1.29 bits per heavy atom. The van der Waals surface area contributed by atoms with Crippen molar-refractivity contribution >= 4 is 58.3 Å². The van der Waals surface area contributed by atoms with E-state index in [1.165, 1.54) is 31.2 Å². The summed E-state index contributed by atoms with van der Waals surface area (Å²) in [4.78, 5) is 25.2. The predicted molar refractivity (Wildman–Crippen MR) is 80.3 cm³/mol. The maximum Gasteiger partial charge on any atom is 0.409 e. The Labute approximate surface area is 142 Å². The van der Waals surface area contributed by atoms with E-state index >= 15 is 0 Å². The lowest BCUT2D eigenvalue weighted by Crippen LogP contribution is -2.70. The quantitative estimate of drug-likeness (QED) is 0.549. The lowest BCUT2D eigenvalue weighted by atomic mass is 9.88. The first-order chi connectivity index (χ1) is 9.43. The number of Topliss-reactive ketones (excluding diaryl/α,β-unsaturated/α-hetero) is 1. The minimum absolute atomic E-state index is 0.103.